The van der Waals surface area contributed by atoms with Gasteiger partial charge in [-0.25, -0.2) is 13.2 Å². The van der Waals surface area contributed by atoms with Crippen molar-refractivity contribution in [1.29, 1.82) is 0 Å². The highest BCUT2D eigenvalue weighted by molar-refractivity contribution is 5.91. The average Bonchev–Trinajstić information content (AvgIpc) is 2.80. The number of nitrogens with zero attached hydrogens (tertiary/aromatic N) is 2. The molecule has 0 atom stereocenters. The third kappa shape index (κ3) is 4.57. The molecule has 11 heteroatoms. The topological polar surface area (TPSA) is 115 Å². The van der Waals surface area contributed by atoms with E-state index in [-0.39, 0.29) is 23.6 Å². The molecule has 0 saturated carbocycles. The molecule has 180 valence electrons. The van der Waals surface area contributed by atoms with Gasteiger partial charge in [0.25, 0.3) is 0 Å². The Bertz CT molecular complexity index is 1320. The van der Waals surface area contributed by atoms with Crippen LogP contribution in [0, 0.1) is 17.5 Å². The van der Waals surface area contributed by atoms with Crippen molar-refractivity contribution in [2.45, 2.75) is 6.61 Å². The van der Waals surface area contributed by atoms with Crippen molar-refractivity contribution < 1.29 is 27.1 Å². The second-order valence-electron chi connectivity index (χ2n) is 8.18. The molecule has 1 fully saturated rings. The molecule has 1 aliphatic rings. The van der Waals surface area contributed by atoms with Gasteiger partial charge in [0.05, 0.1) is 28.9 Å². The Kier molecular flexibility index (Phi) is 6.49. The van der Waals surface area contributed by atoms with Gasteiger partial charge in [0.1, 0.15) is 18.2 Å². The maximum atomic E-state index is 15.3. The molecule has 0 radical (unpaired) electrons. The minimum Gasteiger partial charge on any atom is -0.460 e. The molecule has 0 unspecified atom stereocenters. The number of anilines is 2. The van der Waals surface area contributed by atoms with Crippen molar-refractivity contribution in [2.24, 2.45) is 0 Å². The van der Waals surface area contributed by atoms with E-state index in [1.54, 1.807) is 0 Å². The monoisotopic (exact) mass is 476 g/mol. The number of hydrogen-bond acceptors (Lipinski definition) is 8. The molecule has 2 aromatic carbocycles. The summed E-state index contributed by atoms with van der Waals surface area (Å²) in [6.45, 7) is 2.14. The van der Waals surface area contributed by atoms with Gasteiger partial charge in [-0.1, -0.05) is 0 Å². The number of rotatable bonds is 5. The van der Waals surface area contributed by atoms with E-state index < -0.39 is 57.7 Å². The minimum absolute atomic E-state index is 0.0257. The van der Waals surface area contributed by atoms with Gasteiger partial charge in [0, 0.05) is 37.8 Å². The Labute approximate surface area is 192 Å². The summed E-state index contributed by atoms with van der Waals surface area (Å²) in [4.78, 5) is 28.8. The fourth-order valence-corrected chi connectivity index (χ4v) is 3.75. The Hall–Kier alpha value is -3.57. The SMILES string of the molecule is CN1CCN(CC(=O)OCc2c(F)c(N)c3c(=O)cc(-c4ccc(N)c(F)c4)oc3c2F)CC1. The van der Waals surface area contributed by atoms with E-state index in [9.17, 15) is 18.4 Å². The number of nitrogens with two attached hydrogens (primary N) is 2. The number of halogens is 3. The van der Waals surface area contributed by atoms with Gasteiger partial charge < -0.3 is 25.5 Å². The number of fused-ring (bicyclic) bond motifs is 1. The van der Waals surface area contributed by atoms with Crippen molar-refractivity contribution in [3.05, 3.63) is 57.5 Å². The molecule has 1 aromatic heterocycles. The van der Waals surface area contributed by atoms with E-state index in [1.807, 2.05) is 11.9 Å². The number of nitrogen functional groups attached to an aromatic ring is 2. The smallest absolute Gasteiger partial charge is 0.320 e. The highest BCUT2D eigenvalue weighted by atomic mass is 19.1. The summed E-state index contributed by atoms with van der Waals surface area (Å²) < 4.78 is 54.5. The molecule has 3 aromatic rings. The van der Waals surface area contributed by atoms with Gasteiger partial charge in [-0.2, -0.15) is 0 Å². The van der Waals surface area contributed by atoms with Crippen molar-refractivity contribution in [1.82, 2.24) is 9.80 Å². The van der Waals surface area contributed by atoms with E-state index in [0.29, 0.717) is 13.1 Å². The Morgan fingerprint density at radius 2 is 1.79 bits per heavy atom. The van der Waals surface area contributed by atoms with E-state index >= 15 is 4.39 Å². The third-order valence-corrected chi connectivity index (χ3v) is 5.79. The standard InChI is InChI=1S/C23H23F3N4O4/c1-29-4-6-30(7-5-29)10-18(32)33-11-13-20(25)22(28)19-16(31)9-17(34-23(19)21(13)26)12-2-3-15(27)14(24)8-12/h2-3,8-9H,4-7,10-11,27-28H2,1H3. The van der Waals surface area contributed by atoms with Crippen LogP contribution in [0.1, 0.15) is 5.56 Å². The summed E-state index contributed by atoms with van der Waals surface area (Å²) >= 11 is 0. The number of carbonyl (C=O) groups excluding carboxylic acids is 1. The number of benzene rings is 2. The summed E-state index contributed by atoms with van der Waals surface area (Å²) in [5.41, 5.74) is 8.49. The second kappa shape index (κ2) is 9.35. The van der Waals surface area contributed by atoms with Crippen LogP contribution in [0.2, 0.25) is 0 Å². The number of hydrogen-bond donors (Lipinski definition) is 2. The summed E-state index contributed by atoms with van der Waals surface area (Å²) in [7, 11) is 1.97. The number of likely N-dealkylation sites (N-methyl/N-ethyl adjacent to an activating group) is 1. The van der Waals surface area contributed by atoms with Crippen LogP contribution < -0.4 is 16.9 Å². The second-order valence-corrected chi connectivity index (χ2v) is 8.18. The molecule has 1 aliphatic heterocycles. The van der Waals surface area contributed by atoms with E-state index in [1.165, 1.54) is 12.1 Å². The maximum Gasteiger partial charge on any atom is 0.320 e. The third-order valence-electron chi connectivity index (χ3n) is 5.79. The number of carbonyl (C=O) groups is 1. The molecule has 0 amide bonds. The van der Waals surface area contributed by atoms with Crippen LogP contribution >= 0.6 is 0 Å². The number of esters is 1. The fraction of sp³-hybridized carbons (Fsp3) is 0.304. The zero-order valence-electron chi connectivity index (χ0n) is 18.4. The first-order valence-corrected chi connectivity index (χ1v) is 10.5. The Morgan fingerprint density at radius 1 is 1.09 bits per heavy atom. The van der Waals surface area contributed by atoms with Crippen LogP contribution in [0.4, 0.5) is 24.5 Å². The highest BCUT2D eigenvalue weighted by Gasteiger charge is 2.25. The summed E-state index contributed by atoms with van der Waals surface area (Å²) in [6.07, 6.45) is 0. The predicted octanol–water partition coefficient (Wildman–Crippen LogP) is 2.33. The molecule has 0 spiro atoms. The maximum absolute atomic E-state index is 15.3. The zero-order valence-corrected chi connectivity index (χ0v) is 18.4. The Morgan fingerprint density at radius 3 is 2.47 bits per heavy atom. The lowest BCUT2D eigenvalue weighted by atomic mass is 10.1. The van der Waals surface area contributed by atoms with E-state index in [2.05, 4.69) is 4.90 Å². The van der Waals surface area contributed by atoms with Crippen molar-refractivity contribution in [3.63, 3.8) is 0 Å². The average molecular weight is 476 g/mol. The lowest BCUT2D eigenvalue weighted by Crippen LogP contribution is -2.46. The Balaban J connectivity index is 1.64. The largest absolute Gasteiger partial charge is 0.460 e. The van der Waals surface area contributed by atoms with Crippen LogP contribution in [-0.4, -0.2) is 55.5 Å². The predicted molar refractivity (Wildman–Crippen MR) is 120 cm³/mol. The van der Waals surface area contributed by atoms with Gasteiger partial charge >= 0.3 is 5.97 Å². The van der Waals surface area contributed by atoms with Crippen LogP contribution in [0.15, 0.2) is 33.5 Å². The van der Waals surface area contributed by atoms with Gasteiger partial charge in [0.2, 0.25) is 0 Å². The first-order chi connectivity index (χ1) is 16.2. The highest BCUT2D eigenvalue weighted by Crippen LogP contribution is 2.32. The van der Waals surface area contributed by atoms with E-state index in [4.69, 9.17) is 20.6 Å². The van der Waals surface area contributed by atoms with Crippen molar-refractivity contribution in [2.75, 3.05) is 51.2 Å². The summed E-state index contributed by atoms with van der Waals surface area (Å²) in [5, 5.41) is -0.498. The van der Waals surface area contributed by atoms with Crippen molar-refractivity contribution >= 4 is 28.3 Å². The van der Waals surface area contributed by atoms with E-state index in [0.717, 1.165) is 25.2 Å². The molecule has 1 saturated heterocycles. The molecule has 34 heavy (non-hydrogen) atoms. The van der Waals surface area contributed by atoms with Crippen LogP contribution in [0.25, 0.3) is 22.3 Å². The molecule has 0 aliphatic carbocycles. The first kappa shape index (κ1) is 23.6. The van der Waals surface area contributed by atoms with Crippen LogP contribution in [-0.2, 0) is 16.1 Å². The quantitative estimate of drug-likeness (QED) is 0.426. The molecular formula is C23H23F3N4O4. The fourth-order valence-electron chi connectivity index (χ4n) is 3.75. The lowest BCUT2D eigenvalue weighted by Gasteiger charge is -2.31. The summed E-state index contributed by atoms with van der Waals surface area (Å²) in [5.74, 6) is -4.03. The molecule has 4 N–H and O–H groups in total. The van der Waals surface area contributed by atoms with Gasteiger partial charge in [-0.3, -0.25) is 14.5 Å². The first-order valence-electron chi connectivity index (χ1n) is 10.5. The lowest BCUT2D eigenvalue weighted by molar-refractivity contribution is -0.146. The van der Waals surface area contributed by atoms with Crippen LogP contribution in [0.5, 0.6) is 0 Å². The van der Waals surface area contributed by atoms with Gasteiger partial charge in [-0.15, -0.1) is 0 Å². The summed E-state index contributed by atoms with van der Waals surface area (Å²) in [6, 6.07) is 4.62. The van der Waals surface area contributed by atoms with Gasteiger partial charge in [0.15, 0.2) is 22.6 Å². The van der Waals surface area contributed by atoms with Crippen molar-refractivity contribution in [3.8, 4) is 11.3 Å². The molecule has 0 bridgehead atoms. The molecular weight excluding hydrogens is 453 g/mol. The normalized spacial score (nSPS) is 15.1. The number of piperazine rings is 1. The van der Waals surface area contributed by atoms with Gasteiger partial charge in [-0.05, 0) is 25.2 Å². The minimum atomic E-state index is -1.23. The zero-order chi connectivity index (χ0) is 24.6. The molecule has 8 nitrogen and oxygen atoms in total. The number of ether oxygens (including phenoxy) is 1. The molecule has 4 rings (SSSR count). The van der Waals surface area contributed by atoms with Crippen LogP contribution in [0.3, 0.4) is 0 Å². The molecule has 2 heterocycles.